The van der Waals surface area contributed by atoms with Crippen LogP contribution in [0.4, 0.5) is 17.1 Å². The smallest absolute Gasteiger partial charge is 0.293 e. The molecule has 1 heterocycles. The molecule has 1 aliphatic rings. The van der Waals surface area contributed by atoms with Gasteiger partial charge < -0.3 is 10.2 Å². The van der Waals surface area contributed by atoms with Gasteiger partial charge in [0.2, 0.25) is 0 Å². The van der Waals surface area contributed by atoms with Gasteiger partial charge in [-0.3, -0.25) is 20.2 Å². The highest BCUT2D eigenvalue weighted by Crippen LogP contribution is 2.32. The number of nitrogens with one attached hydrogen (secondary N) is 2. The quantitative estimate of drug-likeness (QED) is 0.411. The predicted octanol–water partition coefficient (Wildman–Crippen LogP) is 4.63. The largest absolute Gasteiger partial charge is 0.366 e. The van der Waals surface area contributed by atoms with Gasteiger partial charge in [0.05, 0.1) is 20.7 Å². The second kappa shape index (κ2) is 8.72. The predicted molar refractivity (Wildman–Crippen MR) is 115 cm³/mol. The van der Waals surface area contributed by atoms with Crippen molar-refractivity contribution in [2.24, 2.45) is 0 Å². The second-order valence-electron chi connectivity index (χ2n) is 6.16. The summed E-state index contributed by atoms with van der Waals surface area (Å²) < 4.78 is 0. The molecule has 1 fully saturated rings. The number of amides is 1. The van der Waals surface area contributed by atoms with E-state index in [9.17, 15) is 14.9 Å². The fourth-order valence-electron chi connectivity index (χ4n) is 2.97. The third-order valence-corrected chi connectivity index (χ3v) is 5.33. The van der Waals surface area contributed by atoms with E-state index in [1.54, 1.807) is 30.3 Å². The molecule has 146 valence electrons. The Morgan fingerprint density at radius 1 is 1.18 bits per heavy atom. The maximum atomic E-state index is 12.5. The topological polar surface area (TPSA) is 87.5 Å². The molecule has 10 heteroatoms. The molecule has 0 bridgehead atoms. The summed E-state index contributed by atoms with van der Waals surface area (Å²) >= 11 is 17.1. The summed E-state index contributed by atoms with van der Waals surface area (Å²) in [6.07, 6.45) is 1.98. The number of hydrogen-bond acceptors (Lipinski definition) is 5. The third-order valence-electron chi connectivity index (χ3n) is 4.31. The fraction of sp³-hybridized carbons (Fsp3) is 0.222. The number of carbonyl (C=O) groups is 1. The molecule has 2 N–H and O–H groups in total. The van der Waals surface area contributed by atoms with Crippen molar-refractivity contribution in [1.82, 2.24) is 5.32 Å². The monoisotopic (exact) mass is 438 g/mol. The molecule has 0 unspecified atom stereocenters. The minimum absolute atomic E-state index is 0.000407. The van der Waals surface area contributed by atoms with Crippen molar-refractivity contribution < 1.29 is 9.72 Å². The minimum atomic E-state index is -0.563. The Hall–Kier alpha value is -2.42. The van der Waals surface area contributed by atoms with Crippen molar-refractivity contribution in [3.63, 3.8) is 0 Å². The molecule has 28 heavy (non-hydrogen) atoms. The zero-order chi connectivity index (χ0) is 20.3. The first-order chi connectivity index (χ1) is 13.4. The number of nitrogens with zero attached hydrogens (tertiary/aromatic N) is 2. The Kier molecular flexibility index (Phi) is 6.33. The van der Waals surface area contributed by atoms with Gasteiger partial charge >= 0.3 is 0 Å². The van der Waals surface area contributed by atoms with Gasteiger partial charge in [-0.15, -0.1) is 0 Å². The van der Waals surface area contributed by atoms with Crippen molar-refractivity contribution in [3.8, 4) is 0 Å². The lowest BCUT2D eigenvalue weighted by molar-refractivity contribution is -0.384. The zero-order valence-corrected chi connectivity index (χ0v) is 16.9. The lowest BCUT2D eigenvalue weighted by atomic mass is 10.1. The van der Waals surface area contributed by atoms with Gasteiger partial charge in [-0.2, -0.15) is 0 Å². The summed E-state index contributed by atoms with van der Waals surface area (Å²) in [5, 5.41) is 17.4. The number of halogens is 2. The molecule has 0 spiro atoms. The van der Waals surface area contributed by atoms with Crippen LogP contribution in [0, 0.1) is 10.1 Å². The van der Waals surface area contributed by atoms with Crippen molar-refractivity contribution in [3.05, 3.63) is 62.1 Å². The van der Waals surface area contributed by atoms with E-state index in [1.807, 2.05) is 4.90 Å². The summed E-state index contributed by atoms with van der Waals surface area (Å²) in [5.41, 5.74) is 0.989. The van der Waals surface area contributed by atoms with Gasteiger partial charge in [0.25, 0.3) is 11.6 Å². The Balaban J connectivity index is 1.74. The Labute approximate surface area is 176 Å². The maximum absolute atomic E-state index is 12.5. The van der Waals surface area contributed by atoms with Crippen LogP contribution in [0.5, 0.6) is 0 Å². The van der Waals surface area contributed by atoms with Crippen LogP contribution in [0.3, 0.4) is 0 Å². The third kappa shape index (κ3) is 4.52. The van der Waals surface area contributed by atoms with E-state index in [0.29, 0.717) is 16.4 Å². The average Bonchev–Trinajstić information content (AvgIpc) is 3.19. The standard InChI is InChI=1S/C18H16Cl2N4O3S/c19-12-4-3-5-13(16(12)20)21-18(28)22-17(25)11-6-7-14(15(10-11)24(26)27)23-8-1-2-9-23/h3-7,10H,1-2,8-9H2,(H2,21,22,25,28). The van der Waals surface area contributed by atoms with Gasteiger partial charge in [-0.25, -0.2) is 0 Å². The number of nitro groups is 1. The van der Waals surface area contributed by atoms with Crippen molar-refractivity contribution >= 4 is 63.5 Å². The fourth-order valence-corrected chi connectivity index (χ4v) is 3.52. The summed E-state index contributed by atoms with van der Waals surface area (Å²) in [7, 11) is 0. The van der Waals surface area contributed by atoms with Crippen LogP contribution < -0.4 is 15.5 Å². The summed E-state index contributed by atoms with van der Waals surface area (Å²) in [4.78, 5) is 25.4. The number of thiocarbonyl (C=S) groups is 1. The molecule has 3 rings (SSSR count). The molecule has 0 saturated carbocycles. The van der Waals surface area contributed by atoms with Crippen molar-refractivity contribution in [2.45, 2.75) is 12.8 Å². The number of hydrogen-bond donors (Lipinski definition) is 2. The van der Waals surface area contributed by atoms with Gasteiger partial charge in [0, 0.05) is 24.7 Å². The average molecular weight is 439 g/mol. The number of anilines is 2. The SMILES string of the molecule is O=C(NC(=S)Nc1cccc(Cl)c1Cl)c1ccc(N2CCCC2)c([N+](=O)[O-])c1. The second-order valence-corrected chi connectivity index (χ2v) is 7.36. The van der Waals surface area contributed by atoms with Crippen molar-refractivity contribution in [2.75, 3.05) is 23.3 Å². The molecule has 0 radical (unpaired) electrons. The molecule has 1 saturated heterocycles. The molecule has 2 aromatic rings. The van der Waals surface area contributed by atoms with E-state index in [0.717, 1.165) is 25.9 Å². The first kappa shape index (κ1) is 20.3. The van der Waals surface area contributed by atoms with E-state index < -0.39 is 10.8 Å². The van der Waals surface area contributed by atoms with E-state index in [1.165, 1.54) is 6.07 Å². The van der Waals surface area contributed by atoms with Gasteiger partial charge in [-0.05, 0) is 49.3 Å². The number of rotatable bonds is 4. The zero-order valence-electron chi connectivity index (χ0n) is 14.6. The lowest BCUT2D eigenvalue weighted by Gasteiger charge is -2.18. The maximum Gasteiger partial charge on any atom is 0.293 e. The van der Waals surface area contributed by atoms with Crippen LogP contribution in [0.1, 0.15) is 23.2 Å². The Morgan fingerprint density at radius 2 is 1.89 bits per heavy atom. The van der Waals surface area contributed by atoms with Crippen LogP contribution in [-0.2, 0) is 0 Å². The molecule has 1 aliphatic heterocycles. The first-order valence-corrected chi connectivity index (χ1v) is 9.63. The van der Waals surface area contributed by atoms with Crippen LogP contribution in [-0.4, -0.2) is 29.0 Å². The Bertz CT molecular complexity index is 948. The van der Waals surface area contributed by atoms with Crippen LogP contribution >= 0.6 is 35.4 Å². The molecular weight excluding hydrogens is 423 g/mol. The number of carbonyl (C=O) groups excluding carboxylic acids is 1. The van der Waals surface area contributed by atoms with E-state index >= 15 is 0 Å². The van der Waals surface area contributed by atoms with Crippen molar-refractivity contribution in [1.29, 1.82) is 0 Å². The molecule has 0 aromatic heterocycles. The number of nitro benzene ring substituents is 1. The molecule has 2 aromatic carbocycles. The van der Waals surface area contributed by atoms with E-state index in [4.69, 9.17) is 35.4 Å². The molecule has 1 amide bonds. The highest BCUT2D eigenvalue weighted by Gasteiger charge is 2.24. The molecule has 0 atom stereocenters. The molecule has 0 aliphatic carbocycles. The summed E-state index contributed by atoms with van der Waals surface area (Å²) in [5.74, 6) is -0.563. The first-order valence-electron chi connectivity index (χ1n) is 8.46. The molecular formula is C18H16Cl2N4O3S. The van der Waals surface area contributed by atoms with Gasteiger partial charge in [0.1, 0.15) is 5.69 Å². The normalized spacial score (nSPS) is 13.3. The minimum Gasteiger partial charge on any atom is -0.366 e. The summed E-state index contributed by atoms with van der Waals surface area (Å²) in [6.45, 7) is 1.53. The van der Waals surface area contributed by atoms with E-state index in [-0.39, 0.29) is 21.4 Å². The van der Waals surface area contributed by atoms with Gasteiger partial charge in [0.15, 0.2) is 5.11 Å². The van der Waals surface area contributed by atoms with Crippen LogP contribution in [0.25, 0.3) is 0 Å². The lowest BCUT2D eigenvalue weighted by Crippen LogP contribution is -2.34. The van der Waals surface area contributed by atoms with E-state index in [2.05, 4.69) is 10.6 Å². The Morgan fingerprint density at radius 3 is 2.57 bits per heavy atom. The van der Waals surface area contributed by atoms with Gasteiger partial charge in [-0.1, -0.05) is 29.3 Å². The summed E-state index contributed by atoms with van der Waals surface area (Å²) in [6, 6.07) is 9.37. The molecule has 7 nitrogen and oxygen atoms in total. The highest BCUT2D eigenvalue weighted by atomic mass is 35.5. The van der Waals surface area contributed by atoms with Crippen LogP contribution in [0.15, 0.2) is 36.4 Å². The number of benzene rings is 2. The highest BCUT2D eigenvalue weighted by molar-refractivity contribution is 7.80. The van der Waals surface area contributed by atoms with Crippen LogP contribution in [0.2, 0.25) is 10.0 Å².